The van der Waals surface area contributed by atoms with E-state index in [1.807, 2.05) is 47.6 Å². The number of fused-ring (bicyclic) bond motifs is 1. The van der Waals surface area contributed by atoms with Gasteiger partial charge in [0.1, 0.15) is 17.1 Å². The number of nitrogens with zero attached hydrogens (tertiary/aromatic N) is 5. The van der Waals surface area contributed by atoms with Crippen LogP contribution in [0, 0.1) is 5.82 Å². The Bertz CT molecular complexity index is 1430. The number of benzene rings is 2. The molecule has 1 saturated heterocycles. The van der Waals surface area contributed by atoms with E-state index < -0.39 is 5.82 Å². The highest BCUT2D eigenvalue weighted by molar-refractivity contribution is 7.18. The van der Waals surface area contributed by atoms with Gasteiger partial charge in [-0.15, -0.1) is 11.3 Å². The van der Waals surface area contributed by atoms with Crippen LogP contribution < -0.4 is 0 Å². The van der Waals surface area contributed by atoms with E-state index >= 15 is 0 Å². The summed E-state index contributed by atoms with van der Waals surface area (Å²) in [7, 11) is 0. The predicted molar refractivity (Wildman–Crippen MR) is 130 cm³/mol. The van der Waals surface area contributed by atoms with Crippen molar-refractivity contribution in [1.82, 2.24) is 24.2 Å². The standard InChI is InChI=1S/C26H22FN5OS/c27-20-7-1-3-9-22(20)32-25(30-13-5-6-14-30)19(17-28-32)26(33)31-15-11-18(12-16-31)24-29-21-8-2-4-10-23(21)34-24/h1-10,13-14,17-18H,11-12,15-16H2. The Kier molecular flexibility index (Phi) is 5.22. The third-order valence-corrected chi connectivity index (χ3v) is 7.54. The van der Waals surface area contributed by atoms with Crippen molar-refractivity contribution >= 4 is 27.5 Å². The molecular weight excluding hydrogens is 449 g/mol. The Balaban J connectivity index is 1.27. The second-order valence-corrected chi connectivity index (χ2v) is 9.48. The molecule has 5 aromatic rings. The van der Waals surface area contributed by atoms with E-state index in [-0.39, 0.29) is 5.91 Å². The molecule has 0 saturated carbocycles. The molecule has 6 rings (SSSR count). The zero-order chi connectivity index (χ0) is 23.1. The molecule has 8 heteroatoms. The van der Waals surface area contributed by atoms with Gasteiger partial charge in [-0.25, -0.2) is 14.1 Å². The van der Waals surface area contributed by atoms with Gasteiger partial charge in [0.25, 0.3) is 5.91 Å². The monoisotopic (exact) mass is 471 g/mol. The Morgan fingerprint density at radius 1 is 0.971 bits per heavy atom. The highest BCUT2D eigenvalue weighted by Gasteiger charge is 2.30. The number of hydrogen-bond acceptors (Lipinski definition) is 4. The largest absolute Gasteiger partial charge is 0.338 e. The number of amides is 1. The van der Waals surface area contributed by atoms with Crippen LogP contribution in [0.2, 0.25) is 0 Å². The van der Waals surface area contributed by atoms with E-state index in [9.17, 15) is 9.18 Å². The molecule has 0 atom stereocenters. The summed E-state index contributed by atoms with van der Waals surface area (Å²) in [5, 5.41) is 5.55. The van der Waals surface area contributed by atoms with Crippen molar-refractivity contribution in [3.8, 4) is 11.5 Å². The van der Waals surface area contributed by atoms with Gasteiger partial charge < -0.3 is 9.47 Å². The minimum absolute atomic E-state index is 0.0889. The molecule has 0 bridgehead atoms. The topological polar surface area (TPSA) is 56.0 Å². The average Bonchev–Trinajstić information content (AvgIpc) is 3.63. The normalized spacial score (nSPS) is 14.7. The number of piperidine rings is 1. The molecule has 4 heterocycles. The molecule has 2 aromatic carbocycles. The molecule has 0 radical (unpaired) electrons. The lowest BCUT2D eigenvalue weighted by molar-refractivity contribution is 0.0713. The van der Waals surface area contributed by atoms with Gasteiger partial charge in [0.2, 0.25) is 0 Å². The number of thiazole rings is 1. The molecule has 0 spiro atoms. The Hall–Kier alpha value is -3.78. The van der Waals surface area contributed by atoms with Crippen LogP contribution in [-0.2, 0) is 0 Å². The van der Waals surface area contributed by atoms with E-state index in [1.165, 1.54) is 15.4 Å². The summed E-state index contributed by atoms with van der Waals surface area (Å²) in [6.45, 7) is 1.30. The van der Waals surface area contributed by atoms with Gasteiger partial charge in [-0.2, -0.15) is 5.10 Å². The molecule has 0 N–H and O–H groups in total. The summed E-state index contributed by atoms with van der Waals surface area (Å²) >= 11 is 1.75. The summed E-state index contributed by atoms with van der Waals surface area (Å²) < 4.78 is 19.1. The number of rotatable bonds is 4. The summed E-state index contributed by atoms with van der Waals surface area (Å²) in [6.07, 6.45) is 6.95. The Labute approximate surface area is 199 Å². The number of aromatic nitrogens is 4. The van der Waals surface area contributed by atoms with E-state index in [1.54, 1.807) is 40.3 Å². The van der Waals surface area contributed by atoms with Gasteiger partial charge in [0.05, 0.1) is 21.4 Å². The number of para-hydroxylation sites is 2. The highest BCUT2D eigenvalue weighted by atomic mass is 32.1. The predicted octanol–water partition coefficient (Wildman–Crippen LogP) is 5.43. The Morgan fingerprint density at radius 3 is 2.47 bits per heavy atom. The van der Waals surface area contributed by atoms with Crippen molar-refractivity contribution in [2.24, 2.45) is 0 Å². The SMILES string of the molecule is O=C(c1cnn(-c2ccccc2F)c1-n1cccc1)N1CCC(c2nc3ccccc3s2)CC1. The maximum atomic E-state index is 14.6. The number of hydrogen-bond donors (Lipinski definition) is 0. The van der Waals surface area contributed by atoms with Crippen LogP contribution in [0.25, 0.3) is 21.7 Å². The van der Waals surface area contributed by atoms with Gasteiger partial charge in [0.15, 0.2) is 5.82 Å². The first-order valence-electron chi connectivity index (χ1n) is 11.3. The highest BCUT2D eigenvalue weighted by Crippen LogP contribution is 2.34. The maximum Gasteiger partial charge on any atom is 0.259 e. The van der Waals surface area contributed by atoms with Crippen LogP contribution in [0.3, 0.4) is 0 Å². The van der Waals surface area contributed by atoms with Crippen molar-refractivity contribution in [2.75, 3.05) is 13.1 Å². The molecule has 34 heavy (non-hydrogen) atoms. The van der Waals surface area contributed by atoms with Crippen molar-refractivity contribution in [2.45, 2.75) is 18.8 Å². The summed E-state index contributed by atoms with van der Waals surface area (Å²) in [5.74, 6) is 0.406. The molecule has 0 unspecified atom stereocenters. The first kappa shape index (κ1) is 20.8. The van der Waals surface area contributed by atoms with Gasteiger partial charge in [-0.05, 0) is 49.2 Å². The first-order valence-corrected chi connectivity index (χ1v) is 12.1. The van der Waals surface area contributed by atoms with Gasteiger partial charge in [-0.3, -0.25) is 4.79 Å². The second kappa shape index (κ2) is 8.53. The van der Waals surface area contributed by atoms with E-state index in [2.05, 4.69) is 11.2 Å². The third kappa shape index (κ3) is 3.60. The van der Waals surface area contributed by atoms with Crippen LogP contribution in [-0.4, -0.2) is 43.2 Å². The molecule has 1 fully saturated rings. The fourth-order valence-electron chi connectivity index (χ4n) is 4.58. The number of carbonyl (C=O) groups is 1. The van der Waals surface area contributed by atoms with Gasteiger partial charge >= 0.3 is 0 Å². The van der Waals surface area contributed by atoms with Crippen molar-refractivity contribution in [1.29, 1.82) is 0 Å². The fourth-order valence-corrected chi connectivity index (χ4v) is 5.72. The summed E-state index contributed by atoms with van der Waals surface area (Å²) in [5.41, 5.74) is 1.80. The van der Waals surface area contributed by atoms with E-state index in [0.717, 1.165) is 23.4 Å². The fraction of sp³-hybridized carbons (Fsp3) is 0.192. The van der Waals surface area contributed by atoms with Crippen LogP contribution in [0.15, 0.2) is 79.3 Å². The Morgan fingerprint density at radius 2 is 1.71 bits per heavy atom. The zero-order valence-corrected chi connectivity index (χ0v) is 19.2. The van der Waals surface area contributed by atoms with Crippen molar-refractivity contribution in [3.05, 3.63) is 95.6 Å². The zero-order valence-electron chi connectivity index (χ0n) is 18.3. The van der Waals surface area contributed by atoms with Crippen LogP contribution in [0.5, 0.6) is 0 Å². The quantitative estimate of drug-likeness (QED) is 0.351. The van der Waals surface area contributed by atoms with E-state index in [0.29, 0.717) is 36.1 Å². The molecule has 0 aliphatic carbocycles. The number of halogens is 1. The molecule has 6 nitrogen and oxygen atoms in total. The molecule has 1 aliphatic heterocycles. The minimum Gasteiger partial charge on any atom is -0.338 e. The molecule has 170 valence electrons. The lowest BCUT2D eigenvalue weighted by Crippen LogP contribution is -2.38. The minimum atomic E-state index is -0.394. The molecule has 1 amide bonds. The van der Waals surface area contributed by atoms with E-state index in [4.69, 9.17) is 4.98 Å². The molecular formula is C26H22FN5OS. The van der Waals surface area contributed by atoms with Gasteiger partial charge in [0, 0.05) is 31.4 Å². The van der Waals surface area contributed by atoms with Crippen LogP contribution in [0.4, 0.5) is 4.39 Å². The average molecular weight is 472 g/mol. The summed E-state index contributed by atoms with van der Waals surface area (Å²) in [4.78, 5) is 20.3. The summed E-state index contributed by atoms with van der Waals surface area (Å²) in [6, 6.07) is 18.4. The van der Waals surface area contributed by atoms with Crippen LogP contribution in [0.1, 0.15) is 34.1 Å². The van der Waals surface area contributed by atoms with Crippen LogP contribution >= 0.6 is 11.3 Å². The maximum absolute atomic E-state index is 14.6. The number of carbonyl (C=O) groups excluding carboxylic acids is 1. The number of likely N-dealkylation sites (tertiary alicyclic amines) is 1. The molecule has 3 aromatic heterocycles. The lowest BCUT2D eigenvalue weighted by Gasteiger charge is -2.31. The van der Waals surface area contributed by atoms with Crippen molar-refractivity contribution < 1.29 is 9.18 Å². The molecule has 1 aliphatic rings. The smallest absolute Gasteiger partial charge is 0.259 e. The lowest BCUT2D eigenvalue weighted by atomic mass is 9.97. The second-order valence-electron chi connectivity index (χ2n) is 8.42. The van der Waals surface area contributed by atoms with Gasteiger partial charge in [-0.1, -0.05) is 24.3 Å². The van der Waals surface area contributed by atoms with Crippen molar-refractivity contribution in [3.63, 3.8) is 0 Å². The third-order valence-electron chi connectivity index (χ3n) is 6.35. The first-order chi connectivity index (χ1) is 16.7.